The van der Waals surface area contributed by atoms with E-state index in [2.05, 4.69) is 33.8 Å². The molecule has 1 aromatic carbocycles. The summed E-state index contributed by atoms with van der Waals surface area (Å²) >= 11 is 0. The van der Waals surface area contributed by atoms with Crippen LogP contribution in [0.4, 0.5) is 0 Å². The number of carbonyl (C=O) groups excluding carboxylic acids is 1. The lowest BCUT2D eigenvalue weighted by molar-refractivity contribution is 0.00578. The molecule has 0 bridgehead atoms. The zero-order chi connectivity index (χ0) is 17.4. The predicted molar refractivity (Wildman–Crippen MR) is 93.7 cm³/mol. The zero-order valence-corrected chi connectivity index (χ0v) is 14.9. The molecule has 24 heavy (non-hydrogen) atoms. The van der Waals surface area contributed by atoms with Crippen LogP contribution >= 0.6 is 0 Å². The van der Waals surface area contributed by atoms with E-state index in [-0.39, 0.29) is 30.4 Å². The molecule has 3 rings (SSSR count). The van der Waals surface area contributed by atoms with Crippen LogP contribution in [0.1, 0.15) is 57.3 Å². The minimum Gasteiger partial charge on any atom is -0.458 e. The maximum atomic E-state index is 12.1. The number of allylic oxidation sites excluding steroid dienone is 1. The van der Waals surface area contributed by atoms with Crippen molar-refractivity contribution in [3.63, 3.8) is 0 Å². The maximum Gasteiger partial charge on any atom is 0.490 e. The first-order valence-corrected chi connectivity index (χ1v) is 8.59. The van der Waals surface area contributed by atoms with Crippen LogP contribution in [0.15, 0.2) is 41.9 Å². The minimum absolute atomic E-state index is 0.0797. The van der Waals surface area contributed by atoms with E-state index in [1.54, 1.807) is 12.1 Å². The van der Waals surface area contributed by atoms with Crippen molar-refractivity contribution in [3.8, 4) is 0 Å². The number of esters is 1. The summed E-state index contributed by atoms with van der Waals surface area (Å²) in [7, 11) is -0.291. The Morgan fingerprint density at radius 3 is 2.29 bits per heavy atom. The van der Waals surface area contributed by atoms with Gasteiger partial charge in [-0.15, -0.1) is 0 Å². The third-order valence-electron chi connectivity index (χ3n) is 5.24. The first-order chi connectivity index (χ1) is 11.3. The second-order valence-corrected chi connectivity index (χ2v) is 7.54. The number of benzene rings is 1. The SMILES string of the molecule is CC1(C)OB(C2=CCC(OC(=O)c3ccccc3)CC2)OC1(C)C. The van der Waals surface area contributed by atoms with Crippen molar-refractivity contribution in [1.82, 2.24) is 0 Å². The average Bonchev–Trinajstić information content (AvgIpc) is 2.77. The van der Waals surface area contributed by atoms with Crippen LogP contribution in [0.5, 0.6) is 0 Å². The quantitative estimate of drug-likeness (QED) is 0.622. The van der Waals surface area contributed by atoms with Gasteiger partial charge in [0.05, 0.1) is 16.8 Å². The molecule has 0 amide bonds. The van der Waals surface area contributed by atoms with Crippen LogP contribution in [0, 0.1) is 0 Å². The van der Waals surface area contributed by atoms with Crippen LogP contribution in [-0.4, -0.2) is 30.4 Å². The highest BCUT2D eigenvalue weighted by atomic mass is 16.7. The van der Waals surface area contributed by atoms with E-state index < -0.39 is 0 Å². The molecule has 1 atom stereocenters. The maximum absolute atomic E-state index is 12.1. The lowest BCUT2D eigenvalue weighted by Crippen LogP contribution is -2.41. The summed E-state index contributed by atoms with van der Waals surface area (Å²) in [6.45, 7) is 8.23. The molecule has 128 valence electrons. The van der Waals surface area contributed by atoms with Crippen molar-refractivity contribution in [2.24, 2.45) is 0 Å². The van der Waals surface area contributed by atoms with Gasteiger partial charge in [0.2, 0.25) is 0 Å². The molecular formula is C19H25BO4. The molecule has 1 aliphatic carbocycles. The molecule has 1 saturated heterocycles. The van der Waals surface area contributed by atoms with Gasteiger partial charge in [0.1, 0.15) is 6.10 Å². The molecule has 1 aromatic rings. The third-order valence-corrected chi connectivity index (χ3v) is 5.24. The molecule has 0 spiro atoms. The number of hydrogen-bond donors (Lipinski definition) is 0. The van der Waals surface area contributed by atoms with Gasteiger partial charge in [-0.25, -0.2) is 4.79 Å². The fourth-order valence-corrected chi connectivity index (χ4v) is 2.94. The highest BCUT2D eigenvalue weighted by Gasteiger charge is 2.52. The molecule has 1 aliphatic heterocycles. The van der Waals surface area contributed by atoms with Gasteiger partial charge in [-0.1, -0.05) is 24.3 Å². The Labute approximate surface area is 144 Å². The zero-order valence-electron chi connectivity index (χ0n) is 14.9. The summed E-state index contributed by atoms with van der Waals surface area (Å²) < 4.78 is 17.8. The Morgan fingerprint density at radius 2 is 1.75 bits per heavy atom. The molecule has 5 heteroatoms. The molecule has 4 nitrogen and oxygen atoms in total. The van der Waals surface area contributed by atoms with Crippen LogP contribution in [-0.2, 0) is 14.0 Å². The molecule has 1 unspecified atom stereocenters. The Bertz CT molecular complexity index is 620. The number of hydrogen-bond acceptors (Lipinski definition) is 4. The van der Waals surface area contributed by atoms with Crippen molar-refractivity contribution in [2.45, 2.75) is 64.3 Å². The van der Waals surface area contributed by atoms with Gasteiger partial charge in [0.15, 0.2) is 0 Å². The summed E-state index contributed by atoms with van der Waals surface area (Å²) in [4.78, 5) is 12.1. The van der Waals surface area contributed by atoms with E-state index in [1.807, 2.05) is 18.2 Å². The third kappa shape index (κ3) is 3.42. The lowest BCUT2D eigenvalue weighted by atomic mass is 9.72. The monoisotopic (exact) mass is 328 g/mol. The molecule has 0 aromatic heterocycles. The van der Waals surface area contributed by atoms with Gasteiger partial charge in [0.25, 0.3) is 0 Å². The number of ether oxygens (including phenoxy) is 1. The predicted octanol–water partition coefficient (Wildman–Crippen LogP) is 3.95. The summed E-state index contributed by atoms with van der Waals surface area (Å²) in [5, 5.41) is 0. The first kappa shape index (κ1) is 17.2. The largest absolute Gasteiger partial charge is 0.490 e. The van der Waals surface area contributed by atoms with Gasteiger partial charge in [-0.2, -0.15) is 0 Å². The smallest absolute Gasteiger partial charge is 0.458 e. The Morgan fingerprint density at radius 1 is 1.12 bits per heavy atom. The summed E-state index contributed by atoms with van der Waals surface area (Å²) in [5.74, 6) is -0.256. The summed E-state index contributed by atoms with van der Waals surface area (Å²) in [6, 6.07) is 9.12. The van der Waals surface area contributed by atoms with E-state index in [1.165, 1.54) is 0 Å². The lowest BCUT2D eigenvalue weighted by Gasteiger charge is -2.32. The molecule has 2 aliphatic rings. The van der Waals surface area contributed by atoms with E-state index in [9.17, 15) is 4.79 Å². The van der Waals surface area contributed by atoms with E-state index in [0.29, 0.717) is 12.0 Å². The summed E-state index contributed by atoms with van der Waals surface area (Å²) in [6.07, 6.45) is 4.36. The van der Waals surface area contributed by atoms with Crippen LogP contribution in [0.2, 0.25) is 0 Å². The Kier molecular flexibility index (Phi) is 4.58. The van der Waals surface area contributed by atoms with Crippen LogP contribution < -0.4 is 0 Å². The fourth-order valence-electron chi connectivity index (χ4n) is 2.94. The molecule has 1 fully saturated rings. The minimum atomic E-state index is -0.324. The first-order valence-electron chi connectivity index (χ1n) is 8.59. The molecule has 1 heterocycles. The van der Waals surface area contributed by atoms with Gasteiger partial charge in [-0.3, -0.25) is 0 Å². The van der Waals surface area contributed by atoms with E-state index in [0.717, 1.165) is 18.3 Å². The van der Waals surface area contributed by atoms with Crippen LogP contribution in [0.25, 0.3) is 0 Å². The molecule has 0 N–H and O–H groups in total. The molecule has 0 radical (unpaired) electrons. The van der Waals surface area contributed by atoms with Crippen LogP contribution in [0.3, 0.4) is 0 Å². The van der Waals surface area contributed by atoms with Crippen molar-refractivity contribution < 1.29 is 18.8 Å². The number of carbonyl (C=O) groups is 1. The highest BCUT2D eigenvalue weighted by molar-refractivity contribution is 6.54. The Hall–Kier alpha value is -1.59. The van der Waals surface area contributed by atoms with Crippen molar-refractivity contribution >= 4 is 13.1 Å². The molecular weight excluding hydrogens is 303 g/mol. The topological polar surface area (TPSA) is 44.8 Å². The van der Waals surface area contributed by atoms with Gasteiger partial charge in [0, 0.05) is 6.42 Å². The standard InChI is InChI=1S/C19H25BO4/c1-18(2)19(3,4)24-20(23-18)15-10-12-16(13-11-15)22-17(21)14-8-6-5-7-9-14/h5-10,16H,11-13H2,1-4H3. The molecule has 0 saturated carbocycles. The van der Waals surface area contributed by atoms with E-state index >= 15 is 0 Å². The second-order valence-electron chi connectivity index (χ2n) is 7.54. The average molecular weight is 328 g/mol. The van der Waals surface area contributed by atoms with Gasteiger partial charge >= 0.3 is 13.1 Å². The van der Waals surface area contributed by atoms with E-state index in [4.69, 9.17) is 14.0 Å². The normalized spacial score (nSPS) is 25.2. The Balaban J connectivity index is 1.58. The highest BCUT2D eigenvalue weighted by Crippen LogP contribution is 2.40. The van der Waals surface area contributed by atoms with Gasteiger partial charge in [-0.05, 0) is 58.1 Å². The second kappa shape index (κ2) is 6.38. The van der Waals surface area contributed by atoms with Crippen molar-refractivity contribution in [2.75, 3.05) is 0 Å². The van der Waals surface area contributed by atoms with Crippen molar-refractivity contribution in [1.29, 1.82) is 0 Å². The summed E-state index contributed by atoms with van der Waals surface area (Å²) in [5.41, 5.74) is 1.10. The van der Waals surface area contributed by atoms with Crippen molar-refractivity contribution in [3.05, 3.63) is 47.4 Å². The fraction of sp³-hybridized carbons (Fsp3) is 0.526. The van der Waals surface area contributed by atoms with Gasteiger partial charge < -0.3 is 14.0 Å². The number of rotatable bonds is 3.